The first kappa shape index (κ1) is 25.9. The number of halogens is 6. The number of nitrogens with one attached hydrogen (secondary N) is 2. The molecule has 3 aromatic heterocycles. The van der Waals surface area contributed by atoms with Crippen molar-refractivity contribution in [3.8, 4) is 22.9 Å². The third-order valence-electron chi connectivity index (χ3n) is 4.20. The Morgan fingerprint density at radius 3 is 2.63 bits per heavy atom. The van der Waals surface area contributed by atoms with Crippen molar-refractivity contribution in [3.63, 3.8) is 0 Å². The quantitative estimate of drug-likeness (QED) is 0.341. The van der Waals surface area contributed by atoms with Crippen LogP contribution in [0.25, 0.3) is 11.3 Å². The molecule has 3 aromatic rings. The second-order valence-corrected chi connectivity index (χ2v) is 7.23. The maximum absolute atomic E-state index is 13.3. The van der Waals surface area contributed by atoms with Gasteiger partial charge in [-0.25, -0.2) is 18.6 Å². The number of methoxy groups -OCH3 is 1. The molecule has 0 fully saturated rings. The van der Waals surface area contributed by atoms with Gasteiger partial charge in [0.05, 0.1) is 30.6 Å². The normalized spacial score (nSPS) is 11.5. The van der Waals surface area contributed by atoms with E-state index >= 15 is 0 Å². The summed E-state index contributed by atoms with van der Waals surface area (Å²) in [5, 5.41) is 15.9. The summed E-state index contributed by atoms with van der Waals surface area (Å²) in [4.78, 5) is 15.9. The van der Waals surface area contributed by atoms with Crippen LogP contribution in [-0.2, 0) is 19.8 Å². The van der Waals surface area contributed by atoms with E-state index in [1.807, 2.05) is 0 Å². The van der Waals surface area contributed by atoms with E-state index < -0.39 is 30.9 Å². The van der Waals surface area contributed by atoms with Gasteiger partial charge in [-0.1, -0.05) is 11.6 Å². The molecular formula is C19H17ClF5N7O3. The van der Waals surface area contributed by atoms with Crippen molar-refractivity contribution in [1.29, 1.82) is 0 Å². The van der Waals surface area contributed by atoms with Crippen LogP contribution < -0.4 is 20.1 Å². The van der Waals surface area contributed by atoms with E-state index in [0.29, 0.717) is 0 Å². The highest BCUT2D eigenvalue weighted by molar-refractivity contribution is 6.29. The average molecular weight is 522 g/mol. The minimum absolute atomic E-state index is 0.0163. The van der Waals surface area contributed by atoms with Gasteiger partial charge in [-0.3, -0.25) is 4.68 Å². The number of pyridine rings is 1. The van der Waals surface area contributed by atoms with Gasteiger partial charge in [0.2, 0.25) is 5.88 Å². The number of rotatable bonds is 8. The van der Waals surface area contributed by atoms with Gasteiger partial charge in [0.1, 0.15) is 16.6 Å². The zero-order valence-electron chi connectivity index (χ0n) is 18.0. The topological polar surface area (TPSA) is 116 Å². The summed E-state index contributed by atoms with van der Waals surface area (Å²) in [6.07, 6.45) is -6.31. The van der Waals surface area contributed by atoms with Gasteiger partial charge < -0.3 is 20.1 Å². The summed E-state index contributed by atoms with van der Waals surface area (Å²) in [6, 6.07) is 3.04. The number of nitrogens with zero attached hydrogens (tertiary/aromatic N) is 5. The number of urea groups is 1. The van der Waals surface area contributed by atoms with Crippen molar-refractivity contribution in [2.45, 2.75) is 19.1 Å². The van der Waals surface area contributed by atoms with E-state index in [1.165, 1.54) is 32.4 Å². The fourth-order valence-corrected chi connectivity index (χ4v) is 3.03. The number of carbonyl (C=O) groups is 1. The lowest BCUT2D eigenvalue weighted by molar-refractivity contribution is -0.141. The Morgan fingerprint density at radius 1 is 1.23 bits per heavy atom. The molecule has 2 amide bonds. The van der Waals surface area contributed by atoms with Crippen LogP contribution in [0.4, 0.5) is 32.4 Å². The fourth-order valence-electron chi connectivity index (χ4n) is 2.83. The number of hydrogen-bond donors (Lipinski definition) is 2. The summed E-state index contributed by atoms with van der Waals surface area (Å²) in [5.74, 6) is -0.231. The Balaban J connectivity index is 1.70. The molecule has 0 atom stereocenters. The zero-order valence-corrected chi connectivity index (χ0v) is 18.8. The molecule has 0 spiro atoms. The molecule has 3 heterocycles. The molecule has 10 nitrogen and oxygen atoms in total. The Morgan fingerprint density at radius 2 is 1.97 bits per heavy atom. The molecule has 16 heteroatoms. The number of aromatic nitrogens is 5. The molecule has 0 aromatic carbocycles. The van der Waals surface area contributed by atoms with Crippen molar-refractivity contribution in [2.75, 3.05) is 19.0 Å². The van der Waals surface area contributed by atoms with Crippen LogP contribution in [0.1, 0.15) is 11.4 Å². The molecule has 0 radical (unpaired) electrons. The van der Waals surface area contributed by atoms with Crippen LogP contribution in [0.5, 0.6) is 11.6 Å². The lowest BCUT2D eigenvalue weighted by Crippen LogP contribution is -2.28. The predicted molar refractivity (Wildman–Crippen MR) is 112 cm³/mol. The number of carbonyl (C=O) groups excluding carboxylic acids is 1. The molecule has 0 aliphatic heterocycles. The van der Waals surface area contributed by atoms with E-state index in [2.05, 4.69) is 30.9 Å². The molecule has 0 unspecified atom stereocenters. The van der Waals surface area contributed by atoms with Crippen LogP contribution in [0.3, 0.4) is 0 Å². The predicted octanol–water partition coefficient (Wildman–Crippen LogP) is 3.92. The Labute approximate surface area is 199 Å². The number of amides is 2. The summed E-state index contributed by atoms with van der Waals surface area (Å²) >= 11 is 5.80. The van der Waals surface area contributed by atoms with Gasteiger partial charge in [0, 0.05) is 25.4 Å². The Kier molecular flexibility index (Phi) is 7.89. The van der Waals surface area contributed by atoms with Gasteiger partial charge >= 0.3 is 12.2 Å². The van der Waals surface area contributed by atoms with E-state index in [-0.39, 0.29) is 46.0 Å². The van der Waals surface area contributed by atoms with Gasteiger partial charge in [0.15, 0.2) is 12.3 Å². The molecule has 3 rings (SSSR count). The van der Waals surface area contributed by atoms with Crippen LogP contribution in [-0.4, -0.2) is 51.1 Å². The monoisotopic (exact) mass is 521 g/mol. The second kappa shape index (κ2) is 10.7. The van der Waals surface area contributed by atoms with Gasteiger partial charge in [-0.05, 0) is 6.07 Å². The lowest BCUT2D eigenvalue weighted by Gasteiger charge is -2.12. The first-order valence-corrected chi connectivity index (χ1v) is 9.99. The molecule has 0 aliphatic rings. The third kappa shape index (κ3) is 6.88. The SMILES string of the molecule is COc1cc(CNC(=O)Nc2cc(Cl)nc(OCC(F)F)c2)nnc1-c1cn(C)nc1C(F)(F)F. The lowest BCUT2D eigenvalue weighted by atomic mass is 10.1. The highest BCUT2D eigenvalue weighted by atomic mass is 35.5. The minimum atomic E-state index is -4.72. The molecule has 0 aliphatic carbocycles. The van der Waals surface area contributed by atoms with Gasteiger partial charge in [-0.2, -0.15) is 23.4 Å². The average Bonchev–Trinajstić information content (AvgIpc) is 3.17. The number of hydrogen-bond acceptors (Lipinski definition) is 7. The standard InChI is InChI=1S/C19H17ClF5N7O3/c1-32-7-11(17(31-32)19(23,24)25)16-12(34-2)3-10(29-30-16)6-26-18(33)27-9-4-13(20)28-15(5-9)35-8-14(21)22/h3-5,7,14H,6,8H2,1-2H3,(H2,26,27,28,33). The Hall–Kier alpha value is -3.75. The van der Waals surface area contributed by atoms with Crippen molar-refractivity contribution in [2.24, 2.45) is 7.05 Å². The van der Waals surface area contributed by atoms with Crippen molar-refractivity contribution in [3.05, 3.63) is 40.9 Å². The summed E-state index contributed by atoms with van der Waals surface area (Å²) < 4.78 is 75.5. The minimum Gasteiger partial charge on any atom is -0.494 e. The number of alkyl halides is 5. The van der Waals surface area contributed by atoms with Crippen molar-refractivity contribution < 1.29 is 36.2 Å². The van der Waals surface area contributed by atoms with Crippen molar-refractivity contribution >= 4 is 23.3 Å². The summed E-state index contributed by atoms with van der Waals surface area (Å²) in [5.41, 5.74) is -1.36. The molecule has 2 N–H and O–H groups in total. The van der Waals surface area contributed by atoms with E-state index in [9.17, 15) is 26.7 Å². The Bertz CT molecular complexity index is 1210. The number of anilines is 1. The number of aryl methyl sites for hydroxylation is 1. The maximum Gasteiger partial charge on any atom is 0.435 e. The molecule has 35 heavy (non-hydrogen) atoms. The first-order chi connectivity index (χ1) is 16.5. The second-order valence-electron chi connectivity index (χ2n) is 6.84. The fraction of sp³-hybridized carbons (Fsp3) is 0.316. The van der Waals surface area contributed by atoms with Gasteiger partial charge in [-0.15, -0.1) is 5.10 Å². The van der Waals surface area contributed by atoms with E-state index in [4.69, 9.17) is 21.1 Å². The third-order valence-corrected chi connectivity index (χ3v) is 4.39. The first-order valence-electron chi connectivity index (χ1n) is 9.61. The smallest absolute Gasteiger partial charge is 0.435 e. The van der Waals surface area contributed by atoms with Crippen molar-refractivity contribution in [1.82, 2.24) is 30.3 Å². The molecular weight excluding hydrogens is 505 g/mol. The highest BCUT2D eigenvalue weighted by Gasteiger charge is 2.38. The molecule has 0 saturated heterocycles. The molecule has 0 bridgehead atoms. The summed E-state index contributed by atoms with van der Waals surface area (Å²) in [7, 11) is 2.58. The summed E-state index contributed by atoms with van der Waals surface area (Å²) in [6.45, 7) is -1.08. The van der Waals surface area contributed by atoms with E-state index in [0.717, 1.165) is 10.9 Å². The van der Waals surface area contributed by atoms with Crippen LogP contribution >= 0.6 is 11.6 Å². The zero-order chi connectivity index (χ0) is 25.8. The maximum atomic E-state index is 13.3. The molecule has 0 saturated carbocycles. The van der Waals surface area contributed by atoms with Crippen LogP contribution in [0.15, 0.2) is 24.4 Å². The van der Waals surface area contributed by atoms with E-state index in [1.54, 1.807) is 0 Å². The largest absolute Gasteiger partial charge is 0.494 e. The van der Waals surface area contributed by atoms with Gasteiger partial charge in [0.25, 0.3) is 6.43 Å². The van der Waals surface area contributed by atoms with Crippen LogP contribution in [0.2, 0.25) is 5.15 Å². The highest BCUT2D eigenvalue weighted by Crippen LogP contribution is 2.38. The molecule has 188 valence electrons. The van der Waals surface area contributed by atoms with Crippen LogP contribution in [0, 0.1) is 0 Å². The number of ether oxygens (including phenoxy) is 2.